The summed E-state index contributed by atoms with van der Waals surface area (Å²) in [5, 5.41) is 3.90. The van der Waals surface area contributed by atoms with Gasteiger partial charge in [-0.2, -0.15) is 0 Å². The molecule has 4 fully saturated rings. The molecule has 0 spiro atoms. The Morgan fingerprint density at radius 3 is 2.63 bits per heavy atom. The van der Waals surface area contributed by atoms with E-state index in [-0.39, 0.29) is 0 Å². The topological polar surface area (TPSA) is 12.0 Å². The monoisotopic (exact) mass is 263 g/mol. The zero-order valence-corrected chi connectivity index (χ0v) is 13.3. The Kier molecular flexibility index (Phi) is 3.71. The molecule has 110 valence electrons. The molecule has 0 aromatic carbocycles. The molecule has 19 heavy (non-hydrogen) atoms. The van der Waals surface area contributed by atoms with Gasteiger partial charge in [0.25, 0.3) is 0 Å². The number of hydrogen-bond acceptors (Lipinski definition) is 1. The van der Waals surface area contributed by atoms with Crippen molar-refractivity contribution in [3.63, 3.8) is 0 Å². The maximum Gasteiger partial charge on any atom is 0.000815 e. The van der Waals surface area contributed by atoms with E-state index in [0.717, 1.165) is 17.8 Å². The normalized spacial score (nSPS) is 51.0. The summed E-state index contributed by atoms with van der Waals surface area (Å²) in [6.07, 6.45) is 11.8. The van der Waals surface area contributed by atoms with Gasteiger partial charge in [0.15, 0.2) is 0 Å². The fraction of sp³-hybridized carbons (Fsp3) is 1.00. The van der Waals surface area contributed by atoms with Gasteiger partial charge in [0.2, 0.25) is 0 Å². The first-order valence-corrected chi connectivity index (χ1v) is 8.76. The lowest BCUT2D eigenvalue weighted by Crippen LogP contribution is -2.43. The minimum Gasteiger partial charge on any atom is -0.316 e. The third kappa shape index (κ3) is 2.48. The van der Waals surface area contributed by atoms with Crippen LogP contribution in [0.5, 0.6) is 0 Å². The van der Waals surface area contributed by atoms with Crippen molar-refractivity contribution in [2.45, 2.75) is 72.1 Å². The van der Waals surface area contributed by atoms with Gasteiger partial charge in [-0.05, 0) is 67.1 Å². The lowest BCUT2D eigenvalue weighted by molar-refractivity contribution is 0.107. The molecule has 5 atom stereocenters. The van der Waals surface area contributed by atoms with E-state index < -0.39 is 0 Å². The van der Waals surface area contributed by atoms with E-state index in [1.807, 2.05) is 0 Å². The van der Waals surface area contributed by atoms with Gasteiger partial charge in [0.1, 0.15) is 0 Å². The molecule has 4 rings (SSSR count). The first-order valence-electron chi connectivity index (χ1n) is 8.76. The lowest BCUT2D eigenvalue weighted by atomic mass is 9.67. The van der Waals surface area contributed by atoms with Crippen molar-refractivity contribution in [2.75, 3.05) is 13.1 Å². The fourth-order valence-electron chi connectivity index (χ4n) is 5.76. The second-order valence-corrected chi connectivity index (χ2v) is 8.49. The molecule has 5 unspecified atom stereocenters. The van der Waals surface area contributed by atoms with Gasteiger partial charge in [-0.3, -0.25) is 0 Å². The van der Waals surface area contributed by atoms with Crippen LogP contribution in [0.1, 0.15) is 72.1 Å². The standard InChI is InChI=1S/C18H33N/c1-4-15-6-5-7-16-10-14-8-9-17(15,2)12-19-13-18(16,3)11-14/h14-16,19H,4-13H2,1-3H3. The van der Waals surface area contributed by atoms with Crippen molar-refractivity contribution in [3.05, 3.63) is 0 Å². The van der Waals surface area contributed by atoms with Crippen LogP contribution in [0.4, 0.5) is 0 Å². The van der Waals surface area contributed by atoms with Crippen molar-refractivity contribution < 1.29 is 0 Å². The molecule has 4 aliphatic rings. The zero-order valence-electron chi connectivity index (χ0n) is 13.3. The largest absolute Gasteiger partial charge is 0.316 e. The molecule has 2 heterocycles. The molecule has 1 heteroatoms. The highest BCUT2D eigenvalue weighted by Gasteiger charge is 2.46. The molecule has 4 bridgehead atoms. The summed E-state index contributed by atoms with van der Waals surface area (Å²) < 4.78 is 0. The molecule has 0 radical (unpaired) electrons. The molecule has 2 saturated carbocycles. The van der Waals surface area contributed by atoms with Crippen LogP contribution in [0.2, 0.25) is 0 Å². The molecular weight excluding hydrogens is 230 g/mol. The number of rotatable bonds is 1. The first kappa shape index (κ1) is 13.9. The summed E-state index contributed by atoms with van der Waals surface area (Å²) in [7, 11) is 0. The average molecular weight is 263 g/mol. The molecule has 2 aliphatic carbocycles. The second kappa shape index (κ2) is 5.06. The average Bonchev–Trinajstić information content (AvgIpc) is 2.71. The van der Waals surface area contributed by atoms with Crippen LogP contribution in [0.3, 0.4) is 0 Å². The molecule has 1 nitrogen and oxygen atoms in total. The fourth-order valence-corrected chi connectivity index (χ4v) is 5.76. The van der Waals surface area contributed by atoms with Crippen molar-refractivity contribution in [2.24, 2.45) is 28.6 Å². The van der Waals surface area contributed by atoms with E-state index in [1.54, 1.807) is 0 Å². The van der Waals surface area contributed by atoms with Gasteiger partial charge in [-0.1, -0.05) is 33.6 Å². The third-order valence-corrected chi connectivity index (χ3v) is 7.12. The Labute approximate surface area is 119 Å². The summed E-state index contributed by atoms with van der Waals surface area (Å²) in [4.78, 5) is 0. The molecule has 2 aliphatic heterocycles. The summed E-state index contributed by atoms with van der Waals surface area (Å²) in [5.41, 5.74) is 1.16. The van der Waals surface area contributed by atoms with Crippen LogP contribution < -0.4 is 5.32 Å². The summed E-state index contributed by atoms with van der Waals surface area (Å²) >= 11 is 0. The lowest BCUT2D eigenvalue weighted by Gasteiger charge is -2.42. The van der Waals surface area contributed by atoms with Gasteiger partial charge in [-0.15, -0.1) is 0 Å². The maximum atomic E-state index is 3.90. The summed E-state index contributed by atoms with van der Waals surface area (Å²) in [5.74, 6) is 2.98. The van der Waals surface area contributed by atoms with Gasteiger partial charge in [0, 0.05) is 13.1 Å². The van der Waals surface area contributed by atoms with Crippen molar-refractivity contribution in [3.8, 4) is 0 Å². The van der Waals surface area contributed by atoms with Gasteiger partial charge >= 0.3 is 0 Å². The number of fused-ring (bicyclic) bond motifs is 6. The van der Waals surface area contributed by atoms with Crippen LogP contribution in [-0.4, -0.2) is 13.1 Å². The predicted molar refractivity (Wildman–Crippen MR) is 82.2 cm³/mol. The Morgan fingerprint density at radius 2 is 1.84 bits per heavy atom. The molecule has 0 aromatic rings. The minimum absolute atomic E-state index is 0.558. The Morgan fingerprint density at radius 1 is 1.05 bits per heavy atom. The Bertz CT molecular complexity index is 326. The highest BCUT2D eigenvalue weighted by molar-refractivity contribution is 4.98. The molecule has 0 amide bonds. The molecule has 1 N–H and O–H groups in total. The minimum atomic E-state index is 0.558. The smallest absolute Gasteiger partial charge is 0.000815 e. The number of nitrogens with one attached hydrogen (secondary N) is 1. The Balaban J connectivity index is 1.89. The van der Waals surface area contributed by atoms with Crippen LogP contribution in [-0.2, 0) is 0 Å². The summed E-state index contributed by atoms with van der Waals surface area (Å²) in [6.45, 7) is 10.1. The van der Waals surface area contributed by atoms with E-state index in [2.05, 4.69) is 26.1 Å². The maximum absolute atomic E-state index is 3.90. The van der Waals surface area contributed by atoms with Gasteiger partial charge in [0.05, 0.1) is 0 Å². The van der Waals surface area contributed by atoms with Gasteiger partial charge < -0.3 is 5.32 Å². The molecular formula is C18H33N. The summed E-state index contributed by atoms with van der Waals surface area (Å²) in [6, 6.07) is 0. The number of hydrogen-bond donors (Lipinski definition) is 1. The van der Waals surface area contributed by atoms with Crippen molar-refractivity contribution >= 4 is 0 Å². The third-order valence-electron chi connectivity index (χ3n) is 7.12. The Hall–Kier alpha value is -0.0400. The zero-order chi connectivity index (χ0) is 13.5. The predicted octanol–water partition coefficient (Wildman–Crippen LogP) is 4.62. The van der Waals surface area contributed by atoms with E-state index in [1.165, 1.54) is 64.5 Å². The van der Waals surface area contributed by atoms with Crippen LogP contribution in [0, 0.1) is 28.6 Å². The van der Waals surface area contributed by atoms with E-state index in [4.69, 9.17) is 0 Å². The highest BCUT2D eigenvalue weighted by atomic mass is 14.9. The molecule has 2 saturated heterocycles. The van der Waals surface area contributed by atoms with Crippen LogP contribution in [0.25, 0.3) is 0 Å². The van der Waals surface area contributed by atoms with Crippen LogP contribution >= 0.6 is 0 Å². The van der Waals surface area contributed by atoms with E-state index in [9.17, 15) is 0 Å². The SMILES string of the molecule is CCC1CCCC2CC3CCC1(C)CNCC2(C)C3. The highest BCUT2D eigenvalue weighted by Crippen LogP contribution is 2.53. The van der Waals surface area contributed by atoms with Gasteiger partial charge in [-0.25, -0.2) is 0 Å². The van der Waals surface area contributed by atoms with Crippen molar-refractivity contribution in [1.29, 1.82) is 0 Å². The molecule has 0 aromatic heterocycles. The van der Waals surface area contributed by atoms with Crippen LogP contribution in [0.15, 0.2) is 0 Å². The second-order valence-electron chi connectivity index (χ2n) is 8.49. The van der Waals surface area contributed by atoms with Crippen molar-refractivity contribution in [1.82, 2.24) is 5.32 Å². The van der Waals surface area contributed by atoms with E-state index >= 15 is 0 Å². The van der Waals surface area contributed by atoms with E-state index in [0.29, 0.717) is 10.8 Å². The first-order chi connectivity index (χ1) is 9.06. The quantitative estimate of drug-likeness (QED) is 0.728.